The molecule has 0 spiro atoms. The highest BCUT2D eigenvalue weighted by atomic mass is 35.5. The molecule has 1 saturated heterocycles. The van der Waals surface area contributed by atoms with E-state index in [1.54, 1.807) is 6.34 Å². The highest BCUT2D eigenvalue weighted by molar-refractivity contribution is 5.85. The van der Waals surface area contributed by atoms with Gasteiger partial charge in [-0.2, -0.15) is 5.10 Å². The second kappa shape index (κ2) is 7.11. The number of likely N-dealkylation sites (N-methyl/N-ethyl adjacent to an activating group) is 1. The number of nitrogens with one attached hydrogen (secondary N) is 1. The van der Waals surface area contributed by atoms with Crippen LogP contribution in [-0.2, 0) is 0 Å². The Balaban J connectivity index is 0. The minimum absolute atomic E-state index is 0. The number of hydrazine groups is 1. The maximum atomic E-state index is 5.02. The molecule has 1 fully saturated rings. The fourth-order valence-electron chi connectivity index (χ4n) is 1.25. The molecule has 0 saturated carbocycles. The predicted molar refractivity (Wildman–Crippen MR) is 56.5 cm³/mol. The van der Waals surface area contributed by atoms with E-state index in [1.807, 2.05) is 0 Å². The lowest BCUT2D eigenvalue weighted by Gasteiger charge is -2.38. The van der Waals surface area contributed by atoms with Crippen molar-refractivity contribution in [2.45, 2.75) is 0 Å². The van der Waals surface area contributed by atoms with E-state index in [1.165, 1.54) is 0 Å². The number of nitrogens with zero attached hydrogens (tertiary/aromatic N) is 3. The van der Waals surface area contributed by atoms with Crippen molar-refractivity contribution in [2.24, 2.45) is 10.9 Å². The van der Waals surface area contributed by atoms with Gasteiger partial charge in [-0.3, -0.25) is 0 Å². The lowest BCUT2D eigenvalue weighted by Crippen LogP contribution is -3.00. The van der Waals surface area contributed by atoms with Crippen LogP contribution in [-0.4, -0.2) is 56.0 Å². The number of hydrogen-bond donors (Lipinski definition) is 2. The van der Waals surface area contributed by atoms with Crippen LogP contribution in [0.4, 0.5) is 0 Å². The first-order valence-corrected chi connectivity index (χ1v) is 4.19. The van der Waals surface area contributed by atoms with Gasteiger partial charge >= 0.3 is 0 Å². The Morgan fingerprint density at radius 3 is 2.29 bits per heavy atom. The third kappa shape index (κ3) is 5.49. The van der Waals surface area contributed by atoms with Gasteiger partial charge in [0.25, 0.3) is 0 Å². The van der Waals surface area contributed by atoms with Crippen LogP contribution in [0.5, 0.6) is 0 Å². The number of nitrogens with two attached hydrogens (primary N) is 1. The number of halogens is 2. The third-order valence-electron chi connectivity index (χ3n) is 2.28. The summed E-state index contributed by atoms with van der Waals surface area (Å²) in [5, 5.41) is 3.76. The minimum Gasteiger partial charge on any atom is -1.00 e. The zero-order valence-electron chi connectivity index (χ0n) is 8.61. The highest BCUT2D eigenvalue weighted by Gasteiger charge is 2.22. The van der Waals surface area contributed by atoms with Gasteiger partial charge in [0, 0.05) is 0 Å². The average Bonchev–Trinajstić information content (AvgIpc) is 2.03. The van der Waals surface area contributed by atoms with E-state index in [9.17, 15) is 0 Å². The standard InChI is InChI=1S/C7H18N5.2ClH/c1-12(2)5-3-11(4-6-12)7-9-10-8;;/h7,10H,3-6,8H2,1-2H3;2*1H/q+1;;/p-1. The minimum atomic E-state index is 0. The van der Waals surface area contributed by atoms with Crippen LogP contribution in [0.2, 0.25) is 0 Å². The first kappa shape index (κ1) is 16.2. The molecule has 3 N–H and O–H groups in total. The summed E-state index contributed by atoms with van der Waals surface area (Å²) in [6.45, 7) is 4.43. The SMILES string of the molecule is C[N+]1(C)CCN(C=NNN)CC1.Cl.[Cl-]. The molecule has 0 aromatic heterocycles. The molecule has 1 heterocycles. The molecule has 7 heteroatoms. The van der Waals surface area contributed by atoms with Crippen LogP contribution >= 0.6 is 12.4 Å². The van der Waals surface area contributed by atoms with Crippen molar-refractivity contribution in [3.8, 4) is 0 Å². The Hall–Kier alpha value is -0.230. The van der Waals surface area contributed by atoms with Crippen molar-refractivity contribution in [1.82, 2.24) is 10.4 Å². The Labute approximate surface area is 97.7 Å². The van der Waals surface area contributed by atoms with Crippen LogP contribution in [0.3, 0.4) is 0 Å². The highest BCUT2D eigenvalue weighted by Crippen LogP contribution is 2.03. The number of piperazine rings is 1. The number of hydrogen-bond acceptors (Lipinski definition) is 3. The lowest BCUT2D eigenvalue weighted by atomic mass is 10.3. The fraction of sp³-hybridized carbons (Fsp3) is 0.857. The van der Waals surface area contributed by atoms with Crippen molar-refractivity contribution in [3.63, 3.8) is 0 Å². The lowest BCUT2D eigenvalue weighted by molar-refractivity contribution is -0.893. The smallest absolute Gasteiger partial charge is 0.113 e. The molecule has 0 atom stereocenters. The van der Waals surface area contributed by atoms with E-state index in [4.69, 9.17) is 5.84 Å². The normalized spacial score (nSPS) is 19.8. The van der Waals surface area contributed by atoms with Crippen molar-refractivity contribution in [3.05, 3.63) is 0 Å². The van der Waals surface area contributed by atoms with Gasteiger partial charge in [-0.1, -0.05) is 0 Å². The van der Waals surface area contributed by atoms with Crippen LogP contribution in [0, 0.1) is 0 Å². The summed E-state index contributed by atoms with van der Waals surface area (Å²) in [6, 6.07) is 0. The zero-order valence-corrected chi connectivity index (χ0v) is 10.2. The summed E-state index contributed by atoms with van der Waals surface area (Å²) in [6.07, 6.45) is 1.76. The Morgan fingerprint density at radius 2 is 1.86 bits per heavy atom. The number of hydrazone groups is 1. The summed E-state index contributed by atoms with van der Waals surface area (Å²) in [7, 11) is 4.49. The van der Waals surface area contributed by atoms with Gasteiger partial charge in [-0.15, -0.1) is 12.4 Å². The zero-order chi connectivity index (χ0) is 9.03. The molecule has 1 aliphatic heterocycles. The van der Waals surface area contributed by atoms with Gasteiger partial charge in [0.1, 0.15) is 6.34 Å². The van der Waals surface area contributed by atoms with Crippen LogP contribution in [0.25, 0.3) is 0 Å². The number of rotatable bonds is 2. The van der Waals surface area contributed by atoms with Crippen LogP contribution in [0.15, 0.2) is 5.10 Å². The van der Waals surface area contributed by atoms with Gasteiger partial charge in [0.15, 0.2) is 0 Å². The molecule has 5 nitrogen and oxygen atoms in total. The second-order valence-corrected chi connectivity index (χ2v) is 3.79. The van der Waals surface area contributed by atoms with E-state index in [2.05, 4.69) is 29.6 Å². The van der Waals surface area contributed by atoms with Gasteiger partial charge in [-0.25, -0.2) is 11.4 Å². The van der Waals surface area contributed by atoms with Crippen LogP contribution < -0.4 is 23.8 Å². The molecule has 0 radical (unpaired) electrons. The van der Waals surface area contributed by atoms with Crippen LogP contribution in [0.1, 0.15) is 0 Å². The first-order chi connectivity index (χ1) is 5.64. The molecule has 0 unspecified atom stereocenters. The molecule has 0 aromatic rings. The second-order valence-electron chi connectivity index (χ2n) is 3.79. The summed E-state index contributed by atoms with van der Waals surface area (Å²) in [5.74, 6) is 5.02. The quantitative estimate of drug-likeness (QED) is 0.172. The van der Waals surface area contributed by atoms with E-state index >= 15 is 0 Å². The van der Waals surface area contributed by atoms with E-state index in [-0.39, 0.29) is 24.8 Å². The summed E-state index contributed by atoms with van der Waals surface area (Å²) >= 11 is 0. The Bertz CT molecular complexity index is 163. The molecule has 86 valence electrons. The maximum absolute atomic E-state index is 5.02. The largest absolute Gasteiger partial charge is 1.00 e. The average molecular weight is 244 g/mol. The van der Waals surface area contributed by atoms with E-state index in [0.29, 0.717) is 0 Å². The molecule has 0 aromatic carbocycles. The van der Waals surface area contributed by atoms with Gasteiger partial charge < -0.3 is 21.8 Å². The van der Waals surface area contributed by atoms with Gasteiger partial charge in [-0.05, 0) is 0 Å². The van der Waals surface area contributed by atoms with Crippen molar-refractivity contribution < 1.29 is 16.9 Å². The molecule has 1 rings (SSSR count). The molecular formula is C7H19Cl2N5. The Kier molecular flexibility index (Phi) is 8.24. The number of quaternary nitrogens is 1. The van der Waals surface area contributed by atoms with Gasteiger partial charge in [0.05, 0.1) is 40.3 Å². The molecule has 1 aliphatic rings. The molecular weight excluding hydrogens is 225 g/mol. The molecule has 0 aliphatic carbocycles. The summed E-state index contributed by atoms with van der Waals surface area (Å²) in [4.78, 5) is 2.17. The first-order valence-electron chi connectivity index (χ1n) is 4.19. The van der Waals surface area contributed by atoms with Crippen molar-refractivity contribution in [1.29, 1.82) is 0 Å². The van der Waals surface area contributed by atoms with Gasteiger partial charge in [0.2, 0.25) is 0 Å². The summed E-state index contributed by atoms with van der Waals surface area (Å²) in [5.41, 5.74) is 2.26. The Morgan fingerprint density at radius 1 is 1.36 bits per heavy atom. The van der Waals surface area contributed by atoms with E-state index < -0.39 is 0 Å². The fourth-order valence-corrected chi connectivity index (χ4v) is 1.25. The third-order valence-corrected chi connectivity index (χ3v) is 2.28. The molecule has 0 amide bonds. The maximum Gasteiger partial charge on any atom is 0.113 e. The predicted octanol–water partition coefficient (Wildman–Crippen LogP) is -3.79. The topological polar surface area (TPSA) is 53.6 Å². The summed E-state index contributed by atoms with van der Waals surface area (Å²) < 4.78 is 1.10. The van der Waals surface area contributed by atoms with Crippen molar-refractivity contribution >= 4 is 18.7 Å². The van der Waals surface area contributed by atoms with Crippen molar-refractivity contribution in [2.75, 3.05) is 40.3 Å². The molecule has 14 heavy (non-hydrogen) atoms. The van der Waals surface area contributed by atoms with E-state index in [0.717, 1.165) is 30.7 Å². The molecule has 0 bridgehead atoms. The monoisotopic (exact) mass is 243 g/mol.